The van der Waals surface area contributed by atoms with E-state index in [4.69, 9.17) is 18.7 Å². The number of amides is 1. The summed E-state index contributed by atoms with van der Waals surface area (Å²) in [7, 11) is 4.57. The topological polar surface area (TPSA) is 86.9 Å². The third-order valence-electron chi connectivity index (χ3n) is 4.98. The van der Waals surface area contributed by atoms with Gasteiger partial charge in [0.2, 0.25) is 23.4 Å². The number of methoxy groups -OCH3 is 3. The minimum absolute atomic E-state index is 0.0841. The lowest BCUT2D eigenvalue weighted by Crippen LogP contribution is -2.24. The molecule has 1 unspecified atom stereocenters. The molecule has 1 saturated heterocycles. The van der Waals surface area contributed by atoms with Gasteiger partial charge in [0.25, 0.3) is 0 Å². The summed E-state index contributed by atoms with van der Waals surface area (Å²) in [5, 5.41) is 4.05. The van der Waals surface area contributed by atoms with Gasteiger partial charge in [-0.15, -0.1) is 0 Å². The van der Waals surface area contributed by atoms with Crippen LogP contribution in [0, 0.1) is 5.82 Å². The summed E-state index contributed by atoms with van der Waals surface area (Å²) in [5.41, 5.74) is 1.26. The molecule has 3 aromatic rings. The molecule has 1 fully saturated rings. The molecular formula is C21H20FN3O5. The highest BCUT2D eigenvalue weighted by Crippen LogP contribution is 2.41. The number of hydrogen-bond acceptors (Lipinski definition) is 7. The molecule has 0 saturated carbocycles. The number of halogens is 1. The van der Waals surface area contributed by atoms with Crippen molar-refractivity contribution in [2.45, 2.75) is 12.3 Å². The van der Waals surface area contributed by atoms with Gasteiger partial charge in [-0.1, -0.05) is 5.16 Å². The van der Waals surface area contributed by atoms with Crippen molar-refractivity contribution >= 4 is 11.6 Å². The van der Waals surface area contributed by atoms with E-state index in [0.29, 0.717) is 46.8 Å². The number of nitrogens with zero attached hydrogens (tertiary/aromatic N) is 3. The number of carbonyl (C=O) groups is 1. The standard InChI is InChI=1S/C21H20FN3O5/c1-27-16-8-12(9-17(28-2)19(16)29-3)20-23-21(30-24-20)13-10-18(26)25(11-13)15-6-4-14(22)5-7-15/h4-9,13H,10-11H2,1-3H3. The van der Waals surface area contributed by atoms with Crippen LogP contribution in [0.15, 0.2) is 40.9 Å². The Bertz CT molecular complexity index is 1040. The molecule has 0 bridgehead atoms. The Hall–Kier alpha value is -3.62. The van der Waals surface area contributed by atoms with Crippen LogP contribution >= 0.6 is 0 Å². The maximum Gasteiger partial charge on any atom is 0.232 e. The second-order valence-electron chi connectivity index (χ2n) is 6.75. The van der Waals surface area contributed by atoms with E-state index in [9.17, 15) is 9.18 Å². The van der Waals surface area contributed by atoms with Crippen LogP contribution in [-0.2, 0) is 4.79 Å². The van der Waals surface area contributed by atoms with Gasteiger partial charge < -0.3 is 23.6 Å². The molecule has 1 aliphatic heterocycles. The number of carbonyl (C=O) groups excluding carboxylic acids is 1. The molecule has 30 heavy (non-hydrogen) atoms. The Kier molecular flexibility index (Phi) is 5.26. The Labute approximate surface area is 172 Å². The van der Waals surface area contributed by atoms with E-state index < -0.39 is 0 Å². The van der Waals surface area contributed by atoms with Gasteiger partial charge in [0, 0.05) is 24.2 Å². The smallest absolute Gasteiger partial charge is 0.232 e. The van der Waals surface area contributed by atoms with Gasteiger partial charge in [0.1, 0.15) is 5.82 Å². The predicted octanol–water partition coefficient (Wildman–Crippen LogP) is 3.42. The van der Waals surface area contributed by atoms with Crippen molar-refractivity contribution in [1.29, 1.82) is 0 Å². The molecule has 1 aromatic heterocycles. The van der Waals surface area contributed by atoms with Crippen molar-refractivity contribution in [1.82, 2.24) is 10.1 Å². The summed E-state index contributed by atoms with van der Waals surface area (Å²) in [5.74, 6) is 1.41. The van der Waals surface area contributed by atoms with Crippen molar-refractivity contribution < 1.29 is 27.9 Å². The van der Waals surface area contributed by atoms with Crippen LogP contribution in [-0.4, -0.2) is 43.9 Å². The first-order valence-corrected chi connectivity index (χ1v) is 9.24. The van der Waals surface area contributed by atoms with Crippen LogP contribution in [0.5, 0.6) is 17.2 Å². The van der Waals surface area contributed by atoms with Crippen LogP contribution in [0.2, 0.25) is 0 Å². The Morgan fingerprint density at radius 2 is 1.73 bits per heavy atom. The minimum atomic E-state index is -0.353. The number of anilines is 1. The first kappa shape index (κ1) is 19.7. The molecule has 2 aromatic carbocycles. The van der Waals surface area contributed by atoms with Gasteiger partial charge in [-0.05, 0) is 36.4 Å². The van der Waals surface area contributed by atoms with Gasteiger partial charge in [-0.25, -0.2) is 4.39 Å². The molecule has 0 aliphatic carbocycles. The molecule has 156 valence electrons. The van der Waals surface area contributed by atoms with E-state index in [1.165, 1.54) is 33.5 Å². The zero-order valence-electron chi connectivity index (χ0n) is 16.7. The van der Waals surface area contributed by atoms with Crippen LogP contribution in [0.1, 0.15) is 18.2 Å². The maximum atomic E-state index is 13.2. The second-order valence-corrected chi connectivity index (χ2v) is 6.75. The van der Waals surface area contributed by atoms with Crippen LogP contribution in [0.4, 0.5) is 10.1 Å². The molecule has 0 spiro atoms. The second kappa shape index (κ2) is 8.02. The quantitative estimate of drug-likeness (QED) is 0.612. The Morgan fingerprint density at radius 3 is 2.33 bits per heavy atom. The zero-order valence-corrected chi connectivity index (χ0v) is 16.7. The van der Waals surface area contributed by atoms with Crippen LogP contribution < -0.4 is 19.1 Å². The predicted molar refractivity (Wildman–Crippen MR) is 106 cm³/mol. The summed E-state index contributed by atoms with van der Waals surface area (Å²) >= 11 is 0. The molecular weight excluding hydrogens is 393 g/mol. The SMILES string of the molecule is COc1cc(-c2noc(C3CC(=O)N(c4ccc(F)cc4)C3)n2)cc(OC)c1OC. The molecule has 1 atom stereocenters. The largest absolute Gasteiger partial charge is 0.493 e. The molecule has 9 heteroatoms. The fraction of sp³-hybridized carbons (Fsp3) is 0.286. The van der Waals surface area contributed by atoms with Gasteiger partial charge >= 0.3 is 0 Å². The lowest BCUT2D eigenvalue weighted by molar-refractivity contribution is -0.117. The average Bonchev–Trinajstić information content (AvgIpc) is 3.40. The molecule has 0 radical (unpaired) electrons. The number of hydrogen-bond donors (Lipinski definition) is 0. The van der Waals surface area contributed by atoms with E-state index in [1.54, 1.807) is 29.2 Å². The first-order valence-electron chi connectivity index (χ1n) is 9.24. The summed E-state index contributed by atoms with van der Waals surface area (Å²) in [4.78, 5) is 18.5. The third-order valence-corrected chi connectivity index (χ3v) is 4.98. The average molecular weight is 413 g/mol. The van der Waals surface area contributed by atoms with E-state index >= 15 is 0 Å². The van der Waals surface area contributed by atoms with E-state index in [0.717, 1.165) is 0 Å². The normalized spacial score (nSPS) is 16.1. The molecule has 4 rings (SSSR count). The number of ether oxygens (including phenoxy) is 3. The van der Waals surface area contributed by atoms with Gasteiger partial charge in [-0.2, -0.15) is 4.98 Å². The summed E-state index contributed by atoms with van der Waals surface area (Å²) < 4.78 is 34.7. The van der Waals surface area contributed by atoms with Gasteiger partial charge in [-0.3, -0.25) is 4.79 Å². The summed E-state index contributed by atoms with van der Waals surface area (Å²) in [6.45, 7) is 0.376. The van der Waals surface area contributed by atoms with Crippen molar-refractivity contribution in [2.24, 2.45) is 0 Å². The highest BCUT2D eigenvalue weighted by molar-refractivity contribution is 5.96. The highest BCUT2D eigenvalue weighted by Gasteiger charge is 2.35. The first-order chi connectivity index (χ1) is 14.5. The van der Waals surface area contributed by atoms with Crippen LogP contribution in [0.3, 0.4) is 0 Å². The maximum absolute atomic E-state index is 13.2. The van der Waals surface area contributed by atoms with Gasteiger partial charge in [0.05, 0.1) is 27.2 Å². The number of benzene rings is 2. The third kappa shape index (κ3) is 3.54. The molecule has 1 aliphatic rings. The van der Waals surface area contributed by atoms with Gasteiger partial charge in [0.15, 0.2) is 11.5 Å². The van der Waals surface area contributed by atoms with E-state index in [1.807, 2.05) is 0 Å². The van der Waals surface area contributed by atoms with Crippen LogP contribution in [0.25, 0.3) is 11.4 Å². The Balaban J connectivity index is 1.59. The monoisotopic (exact) mass is 413 g/mol. The number of rotatable bonds is 6. The van der Waals surface area contributed by atoms with E-state index in [-0.39, 0.29) is 24.1 Å². The van der Waals surface area contributed by atoms with Crippen molar-refractivity contribution in [3.63, 3.8) is 0 Å². The molecule has 0 N–H and O–H groups in total. The molecule has 1 amide bonds. The fourth-order valence-corrected chi connectivity index (χ4v) is 3.47. The fourth-order valence-electron chi connectivity index (χ4n) is 3.47. The highest BCUT2D eigenvalue weighted by atomic mass is 19.1. The lowest BCUT2D eigenvalue weighted by atomic mass is 10.1. The van der Waals surface area contributed by atoms with E-state index in [2.05, 4.69) is 10.1 Å². The lowest BCUT2D eigenvalue weighted by Gasteiger charge is -2.15. The summed E-state index contributed by atoms with van der Waals surface area (Å²) in [6.07, 6.45) is 0.230. The van der Waals surface area contributed by atoms with Crippen molar-refractivity contribution in [3.05, 3.63) is 48.1 Å². The molecule has 2 heterocycles. The zero-order chi connectivity index (χ0) is 21.3. The summed E-state index contributed by atoms with van der Waals surface area (Å²) in [6, 6.07) is 9.24. The molecule has 8 nitrogen and oxygen atoms in total. The Morgan fingerprint density at radius 1 is 1.07 bits per heavy atom. The van der Waals surface area contributed by atoms with Crippen molar-refractivity contribution in [3.8, 4) is 28.6 Å². The van der Waals surface area contributed by atoms with Crippen molar-refractivity contribution in [2.75, 3.05) is 32.8 Å². The number of aromatic nitrogens is 2. The minimum Gasteiger partial charge on any atom is -0.493 e.